The Hall–Kier alpha value is -3.09. The predicted octanol–water partition coefficient (Wildman–Crippen LogP) is 3.45. The average Bonchev–Trinajstić information content (AvgIpc) is 2.84. The first-order valence-corrected chi connectivity index (χ1v) is 11.7. The number of rotatable bonds is 4. The summed E-state index contributed by atoms with van der Waals surface area (Å²) in [5, 5.41) is 15.4. The minimum atomic E-state index is -0.994. The lowest BCUT2D eigenvalue weighted by molar-refractivity contribution is -0.134. The molecule has 3 aromatic rings. The van der Waals surface area contributed by atoms with Crippen LogP contribution < -0.4 is 5.32 Å². The number of nitrogens with one attached hydrogen (secondary N) is 1. The Kier molecular flexibility index (Phi) is 5.72. The van der Waals surface area contributed by atoms with Crippen LogP contribution in [-0.2, 0) is 15.2 Å². The third-order valence-electron chi connectivity index (χ3n) is 7.32. The normalized spacial score (nSPS) is 26.4. The van der Waals surface area contributed by atoms with Gasteiger partial charge in [0.2, 0.25) is 11.8 Å². The van der Waals surface area contributed by atoms with E-state index in [-0.39, 0.29) is 23.7 Å². The Bertz CT molecular complexity index is 1200. The van der Waals surface area contributed by atoms with Crippen molar-refractivity contribution in [3.8, 4) is 0 Å². The molecule has 0 aliphatic carbocycles. The van der Waals surface area contributed by atoms with E-state index in [9.17, 15) is 14.7 Å². The fourth-order valence-electron chi connectivity index (χ4n) is 5.32. The maximum atomic E-state index is 12.4. The van der Waals surface area contributed by atoms with Crippen molar-refractivity contribution in [1.82, 2.24) is 15.2 Å². The molecule has 0 radical (unpaired) electrons. The van der Waals surface area contributed by atoms with E-state index in [1.807, 2.05) is 42.5 Å². The first-order valence-electron chi connectivity index (χ1n) is 11.7. The molecule has 2 aliphatic rings. The van der Waals surface area contributed by atoms with Crippen LogP contribution in [0, 0.1) is 0 Å². The van der Waals surface area contributed by atoms with Crippen LogP contribution >= 0.6 is 0 Å². The van der Waals surface area contributed by atoms with E-state index in [2.05, 4.69) is 34.3 Å². The van der Waals surface area contributed by atoms with E-state index < -0.39 is 5.60 Å². The monoisotopic (exact) mass is 443 g/mol. The molecule has 2 aromatic carbocycles. The van der Waals surface area contributed by atoms with E-state index in [0.29, 0.717) is 19.3 Å². The molecular weight excluding hydrogens is 414 g/mol. The summed E-state index contributed by atoms with van der Waals surface area (Å²) in [6.45, 7) is 4.74. The van der Waals surface area contributed by atoms with Crippen molar-refractivity contribution in [2.75, 3.05) is 19.6 Å². The molecule has 33 heavy (non-hydrogen) atoms. The van der Waals surface area contributed by atoms with Gasteiger partial charge in [0.15, 0.2) is 0 Å². The standard InChI is InChI=1S/C27H29N3O3/c1-2-30-13-12-27(33,23(17-30)18-6-4-3-5-7-18)21-8-10-24-19(15-21)14-20(16-28-24)22-9-11-25(31)29-26(22)32/h3-8,10,14-16,22-23,33H,2,9,11-13,17H2,1H3,(H,29,31,32). The number of amides is 2. The molecule has 0 saturated carbocycles. The Morgan fingerprint density at radius 2 is 1.94 bits per heavy atom. The van der Waals surface area contributed by atoms with Gasteiger partial charge in [0, 0.05) is 37.0 Å². The summed E-state index contributed by atoms with van der Waals surface area (Å²) in [6, 6.07) is 18.2. The van der Waals surface area contributed by atoms with Crippen LogP contribution in [0.2, 0.25) is 0 Å². The Labute approximate surface area is 193 Å². The number of imide groups is 1. The highest BCUT2D eigenvalue weighted by molar-refractivity contribution is 6.01. The first kappa shape index (κ1) is 21.7. The van der Waals surface area contributed by atoms with Gasteiger partial charge in [-0.2, -0.15) is 0 Å². The van der Waals surface area contributed by atoms with Gasteiger partial charge in [-0.15, -0.1) is 0 Å². The predicted molar refractivity (Wildman–Crippen MR) is 127 cm³/mol. The molecule has 0 bridgehead atoms. The minimum Gasteiger partial charge on any atom is -0.384 e. The second-order valence-electron chi connectivity index (χ2n) is 9.21. The number of pyridine rings is 1. The molecule has 6 heteroatoms. The molecule has 5 rings (SSSR count). The molecule has 0 spiro atoms. The zero-order chi connectivity index (χ0) is 23.0. The number of carbonyl (C=O) groups is 2. The second-order valence-corrected chi connectivity index (χ2v) is 9.21. The van der Waals surface area contributed by atoms with Gasteiger partial charge < -0.3 is 10.0 Å². The number of hydrogen-bond acceptors (Lipinski definition) is 5. The van der Waals surface area contributed by atoms with Crippen molar-refractivity contribution in [2.24, 2.45) is 0 Å². The van der Waals surface area contributed by atoms with Crippen LogP contribution in [0.25, 0.3) is 10.9 Å². The summed E-state index contributed by atoms with van der Waals surface area (Å²) in [5.41, 5.74) is 2.64. The number of benzene rings is 2. The minimum absolute atomic E-state index is 0.0453. The van der Waals surface area contributed by atoms with Crippen molar-refractivity contribution >= 4 is 22.7 Å². The van der Waals surface area contributed by atoms with E-state index in [1.54, 1.807) is 6.20 Å². The highest BCUT2D eigenvalue weighted by Crippen LogP contribution is 2.44. The van der Waals surface area contributed by atoms with Crippen LogP contribution in [-0.4, -0.2) is 46.4 Å². The van der Waals surface area contributed by atoms with Gasteiger partial charge in [-0.05, 0) is 54.3 Å². The van der Waals surface area contributed by atoms with E-state index in [1.165, 1.54) is 0 Å². The van der Waals surface area contributed by atoms with Crippen LogP contribution in [0.4, 0.5) is 0 Å². The molecule has 3 atom stereocenters. The van der Waals surface area contributed by atoms with Gasteiger partial charge in [0.05, 0.1) is 17.0 Å². The maximum Gasteiger partial charge on any atom is 0.234 e. The second kappa shape index (κ2) is 8.69. The molecule has 2 N–H and O–H groups in total. The Morgan fingerprint density at radius 3 is 2.70 bits per heavy atom. The Morgan fingerprint density at radius 1 is 1.12 bits per heavy atom. The summed E-state index contributed by atoms with van der Waals surface area (Å²) in [7, 11) is 0. The average molecular weight is 444 g/mol. The zero-order valence-corrected chi connectivity index (χ0v) is 18.8. The van der Waals surface area contributed by atoms with Gasteiger partial charge in [-0.3, -0.25) is 19.9 Å². The van der Waals surface area contributed by atoms with Gasteiger partial charge in [0.25, 0.3) is 0 Å². The molecule has 3 unspecified atom stereocenters. The van der Waals surface area contributed by atoms with Gasteiger partial charge >= 0.3 is 0 Å². The fourth-order valence-corrected chi connectivity index (χ4v) is 5.32. The largest absolute Gasteiger partial charge is 0.384 e. The summed E-state index contributed by atoms with van der Waals surface area (Å²) in [4.78, 5) is 30.8. The lowest BCUT2D eigenvalue weighted by Crippen LogP contribution is -2.48. The smallest absolute Gasteiger partial charge is 0.234 e. The van der Waals surface area contributed by atoms with Crippen LogP contribution in [0.1, 0.15) is 54.7 Å². The lowest BCUT2D eigenvalue weighted by Gasteiger charge is -2.45. The molecule has 1 aromatic heterocycles. The molecule has 2 amide bonds. The molecule has 6 nitrogen and oxygen atoms in total. The molecule has 2 aliphatic heterocycles. The van der Waals surface area contributed by atoms with Crippen molar-refractivity contribution < 1.29 is 14.7 Å². The van der Waals surface area contributed by atoms with Crippen molar-refractivity contribution in [1.29, 1.82) is 0 Å². The zero-order valence-electron chi connectivity index (χ0n) is 18.8. The van der Waals surface area contributed by atoms with Crippen molar-refractivity contribution in [3.05, 3.63) is 77.5 Å². The first-order chi connectivity index (χ1) is 16.0. The van der Waals surface area contributed by atoms with Gasteiger partial charge in [-0.25, -0.2) is 0 Å². The van der Waals surface area contributed by atoms with Crippen LogP contribution in [0.5, 0.6) is 0 Å². The number of hydrogen-bond donors (Lipinski definition) is 2. The quantitative estimate of drug-likeness (QED) is 0.604. The number of likely N-dealkylation sites (N-methyl/N-ethyl adjacent to an activating group) is 1. The Balaban J connectivity index is 1.53. The number of carbonyl (C=O) groups excluding carboxylic acids is 2. The van der Waals surface area contributed by atoms with Gasteiger partial charge in [0.1, 0.15) is 0 Å². The summed E-state index contributed by atoms with van der Waals surface area (Å²) < 4.78 is 0. The summed E-state index contributed by atoms with van der Waals surface area (Å²) >= 11 is 0. The van der Waals surface area contributed by atoms with Gasteiger partial charge in [-0.1, -0.05) is 43.3 Å². The van der Waals surface area contributed by atoms with E-state index in [4.69, 9.17) is 0 Å². The third-order valence-corrected chi connectivity index (χ3v) is 7.32. The molecule has 3 heterocycles. The summed E-state index contributed by atoms with van der Waals surface area (Å²) in [6.07, 6.45) is 3.20. The topological polar surface area (TPSA) is 82.5 Å². The van der Waals surface area contributed by atoms with E-state index >= 15 is 0 Å². The number of likely N-dealkylation sites (tertiary alicyclic amines) is 1. The van der Waals surface area contributed by atoms with Crippen molar-refractivity contribution in [3.63, 3.8) is 0 Å². The van der Waals surface area contributed by atoms with Crippen LogP contribution in [0.3, 0.4) is 0 Å². The molecule has 170 valence electrons. The highest BCUT2D eigenvalue weighted by Gasteiger charge is 2.43. The third kappa shape index (κ3) is 4.05. The molecule has 2 saturated heterocycles. The summed E-state index contributed by atoms with van der Waals surface area (Å²) in [5.74, 6) is -0.912. The number of nitrogens with zero attached hydrogens (tertiary/aromatic N) is 2. The number of aliphatic hydroxyl groups is 1. The van der Waals surface area contributed by atoms with Crippen molar-refractivity contribution in [2.45, 2.75) is 43.6 Å². The number of piperidine rings is 2. The highest BCUT2D eigenvalue weighted by atomic mass is 16.3. The SMILES string of the molecule is CCN1CCC(O)(c2ccc3ncc(C4CCC(=O)NC4=O)cc3c2)C(c2ccccc2)C1. The van der Waals surface area contributed by atoms with E-state index in [0.717, 1.165) is 47.2 Å². The number of aromatic nitrogens is 1. The maximum absolute atomic E-state index is 12.4. The lowest BCUT2D eigenvalue weighted by atomic mass is 9.72. The molecule has 2 fully saturated rings. The fraction of sp³-hybridized carbons (Fsp3) is 0.370. The molecular formula is C27H29N3O3. The number of fused-ring (bicyclic) bond motifs is 1. The van der Waals surface area contributed by atoms with Crippen LogP contribution in [0.15, 0.2) is 60.8 Å².